The van der Waals surface area contributed by atoms with Gasteiger partial charge in [0.2, 0.25) is 0 Å². The van der Waals surface area contributed by atoms with Gasteiger partial charge in [-0.3, -0.25) is 0 Å². The molecule has 5 rings (SSSR count). The molecule has 1 N–H and O–H groups in total. The number of sulfonamides is 1. The van der Waals surface area contributed by atoms with Crippen LogP contribution in [0.2, 0.25) is 0 Å². The van der Waals surface area contributed by atoms with Crippen molar-refractivity contribution in [1.29, 1.82) is 0 Å². The second-order valence-electron chi connectivity index (χ2n) is 8.20. The zero-order chi connectivity index (χ0) is 25.5. The Morgan fingerprint density at radius 2 is 1.16 bits per heavy atom. The molecule has 5 aromatic rings. The first-order valence-corrected chi connectivity index (χ1v) is 15.0. The molecule has 8 heteroatoms. The third-order valence-electron chi connectivity index (χ3n) is 5.92. The molecule has 5 nitrogen and oxygen atoms in total. The molecule has 0 bridgehead atoms. The Morgan fingerprint density at radius 1 is 0.730 bits per heavy atom. The van der Waals surface area contributed by atoms with E-state index in [1.807, 2.05) is 127 Å². The molecule has 0 radical (unpaired) electrons. The minimum absolute atomic E-state index is 0. The number of benzene rings is 4. The quantitative estimate of drug-likeness (QED) is 0.105. The zero-order valence-electron chi connectivity index (χ0n) is 20.1. The van der Waals surface area contributed by atoms with Crippen molar-refractivity contribution in [1.82, 2.24) is 4.98 Å². The summed E-state index contributed by atoms with van der Waals surface area (Å²) in [6.45, 7) is 0. The molecule has 0 aliphatic rings. The number of hydrogen-bond donors (Lipinski definition) is 0. The predicted octanol–water partition coefficient (Wildman–Crippen LogP) is 8.26. The van der Waals surface area contributed by atoms with Crippen molar-refractivity contribution in [2.24, 2.45) is 0 Å². The Hall–Kier alpha value is -2.67. The van der Waals surface area contributed by atoms with Gasteiger partial charge >= 0.3 is 27.0 Å². The second-order valence-corrected chi connectivity index (χ2v) is 9.86. The second kappa shape index (κ2) is 13.2. The molecule has 0 saturated heterocycles. The van der Waals surface area contributed by atoms with E-state index in [1.165, 1.54) is 0 Å². The van der Waals surface area contributed by atoms with Crippen molar-refractivity contribution < 1.29 is 25.7 Å². The van der Waals surface area contributed by atoms with Crippen molar-refractivity contribution >= 4 is 41.5 Å². The summed E-state index contributed by atoms with van der Waals surface area (Å²) in [5.41, 5.74) is 12.4. The maximum Gasteiger partial charge on any atom is 0.0768 e. The van der Waals surface area contributed by atoms with Crippen LogP contribution in [0.4, 0.5) is 0 Å². The molecule has 37 heavy (non-hydrogen) atoms. The minimum atomic E-state index is -3.94. The summed E-state index contributed by atoms with van der Waals surface area (Å²) in [6.07, 6.45) is 0. The van der Waals surface area contributed by atoms with Crippen LogP contribution in [0, 0.1) is 7.43 Å². The molecule has 0 saturated carbocycles. The zero-order valence-corrected chi connectivity index (χ0v) is 23.4. The molecule has 0 aliphatic carbocycles. The van der Waals surface area contributed by atoms with Gasteiger partial charge in [-0.05, 0) is 17.7 Å². The number of pyridine rings is 1. The maximum absolute atomic E-state index is 13.5. The molecule has 2 unspecified atom stereocenters. The summed E-state index contributed by atoms with van der Waals surface area (Å²) >= 11 is 1.82. The molecule has 4 aromatic carbocycles. The topological polar surface area (TPSA) is 84.9 Å². The third-order valence-corrected chi connectivity index (χ3v) is 7.12. The van der Waals surface area contributed by atoms with E-state index in [9.17, 15) is 8.42 Å². The van der Waals surface area contributed by atoms with E-state index < -0.39 is 22.1 Å². The van der Waals surface area contributed by atoms with Gasteiger partial charge in [-0.2, -0.15) is 0 Å². The maximum atomic E-state index is 13.5. The van der Waals surface area contributed by atoms with Crippen LogP contribution in [0.15, 0.2) is 109 Å². The first-order chi connectivity index (χ1) is 17.5. The number of nitrogens with zero attached hydrogens (tertiary/aromatic N) is 2. The van der Waals surface area contributed by atoms with Gasteiger partial charge in [-0.15, -0.1) is 12.1 Å². The number of nitrogens with one attached hydrogen (secondary N) is 1. The Balaban J connectivity index is 0.00000124. The number of rotatable bonds is 7. The van der Waals surface area contributed by atoms with E-state index in [-0.39, 0.29) is 13.2 Å². The molecule has 0 amide bonds. The summed E-state index contributed by atoms with van der Waals surface area (Å²) in [5, 5.41) is 1.59. The molecule has 2 atom stereocenters. The van der Waals surface area contributed by atoms with Crippen LogP contribution in [-0.2, 0) is 33.1 Å². The van der Waals surface area contributed by atoms with Crippen molar-refractivity contribution in [3.8, 4) is 0 Å². The fourth-order valence-electron chi connectivity index (χ4n) is 4.28. The van der Waals surface area contributed by atoms with Crippen LogP contribution in [0.25, 0.3) is 32.3 Å². The third kappa shape index (κ3) is 6.81. The summed E-state index contributed by atoms with van der Waals surface area (Å²) in [7, 11) is 0.628. The fraction of sp³-hybridized carbons (Fsp3) is 0.103. The monoisotopic (exact) mass is 617 g/mol. The van der Waals surface area contributed by atoms with Gasteiger partial charge in [0.15, 0.2) is 0 Å². The average Bonchev–Trinajstić information content (AvgIpc) is 2.93. The number of hydrogen-bond acceptors (Lipinski definition) is 3. The minimum Gasteiger partial charge on any atom is -0.672 e. The van der Waals surface area contributed by atoms with Crippen LogP contribution in [0.5, 0.6) is 0 Å². The van der Waals surface area contributed by atoms with Crippen LogP contribution in [-0.4, -0.2) is 13.4 Å². The van der Waals surface area contributed by atoms with E-state index >= 15 is 0 Å². The van der Waals surface area contributed by atoms with Crippen LogP contribution in [0.1, 0.15) is 28.8 Å². The van der Waals surface area contributed by atoms with Gasteiger partial charge in [0.1, 0.15) is 0 Å². The largest absolute Gasteiger partial charge is 0.672 e. The number of aromatic nitrogens is 1. The summed E-state index contributed by atoms with van der Waals surface area (Å²) < 4.78 is 31.4. The van der Waals surface area contributed by atoms with Gasteiger partial charge in [0.25, 0.3) is 0 Å². The summed E-state index contributed by atoms with van der Waals surface area (Å²) in [5.74, 6) is -0.263. The van der Waals surface area contributed by atoms with E-state index in [4.69, 9.17) is 5.73 Å². The normalized spacial score (nSPS) is 12.7. The predicted molar refractivity (Wildman–Crippen MR) is 150 cm³/mol. The standard InChI is InChI=1S/C28H23N3O2S.CH3.ClH.Ru/c29-27(20-11-3-1-4-12-20)28(21-13-5-2-6-14-21)31-34(32,33)19-24-22-15-7-9-17-25(22)30-26-18-10-8-16-23(24)26;;;/h1-18,27-29H,19H2;1H3;1H;/q-2;-1;;+4/p-1. The number of fused-ring (bicyclic) bond motifs is 2. The summed E-state index contributed by atoms with van der Waals surface area (Å²) in [4.78, 5) is 4.69. The summed E-state index contributed by atoms with van der Waals surface area (Å²) in [6, 6.07) is 31.8. The molecule has 1 heterocycles. The van der Waals surface area contributed by atoms with Gasteiger partial charge in [-0.25, -0.2) is 13.4 Å². The molecule has 0 spiro atoms. The Bertz CT molecular complexity index is 1500. The molecule has 0 aliphatic heterocycles. The van der Waals surface area contributed by atoms with Gasteiger partial charge in [0, 0.05) is 10.8 Å². The first kappa shape index (κ1) is 28.9. The smallest absolute Gasteiger partial charge is 0.0768 e. The van der Waals surface area contributed by atoms with E-state index in [1.54, 1.807) is 0 Å². The van der Waals surface area contributed by atoms with Gasteiger partial charge in [-0.1, -0.05) is 108 Å². The van der Waals surface area contributed by atoms with E-state index in [0.29, 0.717) is 11.1 Å². The SMILES string of the molecule is [CH3-].[Cl][Ru+3].[NH-]C(c1ccccc1)C([N-]S(=O)(=O)Cc1c2ccccc2nc2ccccc12)c1ccccc1. The number of para-hydroxylation sites is 2. The van der Waals surface area contributed by atoms with Crippen molar-refractivity contribution in [3.05, 3.63) is 144 Å². The van der Waals surface area contributed by atoms with Crippen molar-refractivity contribution in [2.75, 3.05) is 0 Å². The average molecular weight is 617 g/mol. The van der Waals surface area contributed by atoms with E-state index in [2.05, 4.69) is 19.4 Å². The van der Waals surface area contributed by atoms with Gasteiger partial charge < -0.3 is 17.9 Å². The number of halogens is 1. The van der Waals surface area contributed by atoms with E-state index in [0.717, 1.165) is 27.4 Å². The van der Waals surface area contributed by atoms with Crippen molar-refractivity contribution in [2.45, 2.75) is 17.8 Å². The Labute approximate surface area is 232 Å². The molecule has 0 fully saturated rings. The Morgan fingerprint density at radius 3 is 1.68 bits per heavy atom. The first-order valence-electron chi connectivity index (χ1n) is 11.2. The molecular weight excluding hydrogens is 591 g/mol. The Kier molecular flexibility index (Phi) is 10.3. The van der Waals surface area contributed by atoms with Gasteiger partial charge in [0.05, 0.1) is 26.8 Å². The molecule has 1 aromatic heterocycles. The molecular formula is C29H26ClN3O2RuS. The van der Waals surface area contributed by atoms with Crippen molar-refractivity contribution in [3.63, 3.8) is 0 Å². The van der Waals surface area contributed by atoms with Crippen LogP contribution >= 0.6 is 9.69 Å². The van der Waals surface area contributed by atoms with Crippen LogP contribution < -0.4 is 0 Å². The van der Waals surface area contributed by atoms with Crippen LogP contribution in [0.3, 0.4) is 0 Å². The molecule has 190 valence electrons. The fourth-order valence-corrected chi connectivity index (χ4v) is 5.62.